The molecule has 0 bridgehead atoms. The highest BCUT2D eigenvalue weighted by molar-refractivity contribution is 7.10. The van der Waals surface area contributed by atoms with Crippen LogP contribution in [0.25, 0.3) is 0 Å². The minimum absolute atomic E-state index is 0.354. The van der Waals surface area contributed by atoms with Gasteiger partial charge in [-0.3, -0.25) is 10.2 Å². The predicted molar refractivity (Wildman–Crippen MR) is 138 cm³/mol. The molecule has 0 saturated carbocycles. The number of carbonyl (C=O) groups is 2. The van der Waals surface area contributed by atoms with Crippen molar-refractivity contribution in [1.29, 1.82) is 5.41 Å². The van der Waals surface area contributed by atoms with Crippen molar-refractivity contribution in [3.05, 3.63) is 81.5 Å². The summed E-state index contributed by atoms with van der Waals surface area (Å²) < 4.78 is 0. The lowest BCUT2D eigenvalue weighted by Gasteiger charge is -2.29. The molecule has 2 heterocycles. The van der Waals surface area contributed by atoms with Crippen molar-refractivity contribution < 1.29 is 9.59 Å². The molecule has 1 aliphatic heterocycles. The maximum absolute atomic E-state index is 13.1. The van der Waals surface area contributed by atoms with Crippen molar-refractivity contribution in [1.82, 2.24) is 10.2 Å². The molecule has 34 heavy (non-hydrogen) atoms. The van der Waals surface area contributed by atoms with Gasteiger partial charge in [-0.05, 0) is 79.2 Å². The summed E-state index contributed by atoms with van der Waals surface area (Å²) in [5.74, 6) is 0.155. The van der Waals surface area contributed by atoms with Crippen LogP contribution in [0.2, 0.25) is 5.02 Å². The van der Waals surface area contributed by atoms with E-state index in [1.54, 1.807) is 42.5 Å². The molecule has 1 fully saturated rings. The van der Waals surface area contributed by atoms with Crippen molar-refractivity contribution in [3.63, 3.8) is 0 Å². The topological polar surface area (TPSA) is 97.3 Å². The minimum atomic E-state index is -0.862. The summed E-state index contributed by atoms with van der Waals surface area (Å²) in [5, 5.41) is 19.2. The van der Waals surface area contributed by atoms with E-state index in [0.29, 0.717) is 27.1 Å². The number of hydrogen-bond acceptors (Lipinski definition) is 4. The maximum atomic E-state index is 13.1. The Morgan fingerprint density at radius 2 is 1.56 bits per heavy atom. The van der Waals surface area contributed by atoms with Crippen LogP contribution in [0.3, 0.4) is 0 Å². The van der Waals surface area contributed by atoms with Crippen LogP contribution in [0, 0.1) is 5.41 Å². The summed E-state index contributed by atoms with van der Waals surface area (Å²) in [6.07, 6.45) is 3.43. The van der Waals surface area contributed by atoms with Crippen LogP contribution in [0.4, 0.5) is 16.2 Å². The molecule has 0 spiro atoms. The fourth-order valence-corrected chi connectivity index (χ4v) is 4.68. The van der Waals surface area contributed by atoms with Gasteiger partial charge in [-0.1, -0.05) is 17.7 Å². The Morgan fingerprint density at radius 1 is 0.912 bits per heavy atom. The average molecular weight is 496 g/mol. The number of hydrogen-bond donors (Lipinski definition) is 4. The van der Waals surface area contributed by atoms with Crippen LogP contribution in [-0.2, 0) is 4.79 Å². The number of halogens is 1. The minimum Gasteiger partial charge on any atom is -0.357 e. The summed E-state index contributed by atoms with van der Waals surface area (Å²) in [7, 11) is 0. The first-order valence-electron chi connectivity index (χ1n) is 11.1. The van der Waals surface area contributed by atoms with Crippen LogP contribution < -0.4 is 16.0 Å². The summed E-state index contributed by atoms with van der Waals surface area (Å²) in [5.41, 5.74) is 1.98. The first-order valence-corrected chi connectivity index (χ1v) is 12.4. The number of nitrogens with one attached hydrogen (secondary N) is 4. The normalized spacial score (nSPS) is 14.2. The highest BCUT2D eigenvalue weighted by Crippen LogP contribution is 2.22. The highest BCUT2D eigenvalue weighted by atomic mass is 35.5. The molecule has 7 nitrogen and oxygen atoms in total. The van der Waals surface area contributed by atoms with Gasteiger partial charge in [0.2, 0.25) is 0 Å². The number of amidine groups is 1. The highest BCUT2D eigenvalue weighted by Gasteiger charge is 2.24. The fraction of sp³-hybridized carbons (Fsp3) is 0.240. The van der Waals surface area contributed by atoms with Gasteiger partial charge in [0.25, 0.3) is 5.91 Å². The van der Waals surface area contributed by atoms with Crippen molar-refractivity contribution in [3.8, 4) is 0 Å². The zero-order valence-electron chi connectivity index (χ0n) is 18.5. The lowest BCUT2D eigenvalue weighted by molar-refractivity contribution is -0.118. The molecule has 1 saturated heterocycles. The number of urea groups is 1. The van der Waals surface area contributed by atoms with Gasteiger partial charge in [-0.15, -0.1) is 11.3 Å². The maximum Gasteiger partial charge on any atom is 0.320 e. The Bertz CT molecular complexity index is 1130. The van der Waals surface area contributed by atoms with E-state index in [9.17, 15) is 9.59 Å². The standard InChI is InChI=1S/C25H26ClN5O2S/c26-18-8-12-20(13-9-18)29-25(33)30-22(21-5-4-16-34-21)24(32)28-19-10-6-17(7-11-19)23(27)31-14-2-1-3-15-31/h4-13,16,22,27H,1-3,14-15H2,(H,28,32)(H2,29,30,33). The van der Waals surface area contributed by atoms with Crippen molar-refractivity contribution in [2.24, 2.45) is 0 Å². The Hall–Kier alpha value is -3.36. The lowest BCUT2D eigenvalue weighted by Crippen LogP contribution is -2.39. The third-order valence-corrected chi connectivity index (χ3v) is 6.75. The van der Waals surface area contributed by atoms with E-state index in [-0.39, 0.29) is 5.91 Å². The molecule has 0 radical (unpaired) electrons. The average Bonchev–Trinajstić information content (AvgIpc) is 3.39. The van der Waals surface area contributed by atoms with Crippen LogP contribution in [0.1, 0.15) is 35.7 Å². The van der Waals surface area contributed by atoms with Gasteiger partial charge in [0, 0.05) is 39.9 Å². The molecule has 4 rings (SSSR count). The fourth-order valence-electron chi connectivity index (χ4n) is 3.78. The molecule has 0 aliphatic carbocycles. The van der Waals surface area contributed by atoms with Crippen molar-refractivity contribution >= 4 is 52.1 Å². The molecular formula is C25H26ClN5O2S. The first-order chi connectivity index (χ1) is 16.5. The second kappa shape index (κ2) is 11.2. The van der Waals surface area contributed by atoms with Gasteiger partial charge in [-0.2, -0.15) is 0 Å². The second-order valence-corrected chi connectivity index (χ2v) is 9.43. The summed E-state index contributed by atoms with van der Waals surface area (Å²) in [6, 6.07) is 16.2. The summed E-state index contributed by atoms with van der Waals surface area (Å²) in [4.78, 5) is 28.5. The monoisotopic (exact) mass is 495 g/mol. The van der Waals surface area contributed by atoms with Crippen LogP contribution in [-0.4, -0.2) is 35.8 Å². The predicted octanol–water partition coefficient (Wildman–Crippen LogP) is 5.71. The Balaban J connectivity index is 1.41. The van der Waals surface area contributed by atoms with E-state index in [4.69, 9.17) is 17.0 Å². The molecule has 4 N–H and O–H groups in total. The Morgan fingerprint density at radius 3 is 2.21 bits per heavy atom. The number of anilines is 2. The quantitative estimate of drug-likeness (QED) is 0.260. The van der Waals surface area contributed by atoms with E-state index in [1.807, 2.05) is 23.6 Å². The van der Waals surface area contributed by atoms with Crippen LogP contribution in [0.5, 0.6) is 0 Å². The molecular weight excluding hydrogens is 470 g/mol. The largest absolute Gasteiger partial charge is 0.357 e. The van der Waals surface area contributed by atoms with Gasteiger partial charge >= 0.3 is 6.03 Å². The third-order valence-electron chi connectivity index (χ3n) is 5.57. The van der Waals surface area contributed by atoms with Gasteiger partial charge in [0.1, 0.15) is 11.9 Å². The molecule has 3 aromatic rings. The Kier molecular flexibility index (Phi) is 7.82. The number of amides is 3. The van der Waals surface area contributed by atoms with E-state index in [1.165, 1.54) is 17.8 Å². The number of benzene rings is 2. The van der Waals surface area contributed by atoms with Gasteiger partial charge < -0.3 is 20.9 Å². The van der Waals surface area contributed by atoms with Crippen molar-refractivity contribution in [2.45, 2.75) is 25.3 Å². The number of nitrogens with zero attached hydrogens (tertiary/aromatic N) is 1. The third kappa shape index (κ3) is 6.15. The lowest BCUT2D eigenvalue weighted by atomic mass is 10.1. The van der Waals surface area contributed by atoms with Gasteiger partial charge in [0.15, 0.2) is 0 Å². The molecule has 1 atom stereocenters. The molecule has 3 amide bonds. The molecule has 1 aromatic heterocycles. The van der Waals surface area contributed by atoms with Gasteiger partial charge in [0.05, 0.1) is 0 Å². The SMILES string of the molecule is N=C(c1ccc(NC(=O)C(NC(=O)Nc2ccc(Cl)cc2)c2cccs2)cc1)N1CCCCC1. The summed E-state index contributed by atoms with van der Waals surface area (Å²) in [6.45, 7) is 1.81. The number of likely N-dealkylation sites (tertiary alicyclic amines) is 1. The molecule has 1 unspecified atom stereocenters. The zero-order chi connectivity index (χ0) is 23.9. The number of rotatable bonds is 6. The number of carbonyl (C=O) groups excluding carboxylic acids is 2. The van der Waals surface area contributed by atoms with E-state index in [0.717, 1.165) is 31.5 Å². The number of thiophene rings is 1. The molecule has 2 aromatic carbocycles. The Labute approximate surface area is 207 Å². The molecule has 1 aliphatic rings. The summed E-state index contributed by atoms with van der Waals surface area (Å²) >= 11 is 7.28. The van der Waals surface area contributed by atoms with E-state index >= 15 is 0 Å². The zero-order valence-corrected chi connectivity index (χ0v) is 20.1. The van der Waals surface area contributed by atoms with Crippen molar-refractivity contribution in [2.75, 3.05) is 23.7 Å². The first kappa shape index (κ1) is 23.8. The number of piperidine rings is 1. The molecule has 9 heteroatoms. The van der Waals surface area contributed by atoms with E-state index < -0.39 is 12.1 Å². The molecule has 176 valence electrons. The van der Waals surface area contributed by atoms with Crippen LogP contribution >= 0.6 is 22.9 Å². The van der Waals surface area contributed by atoms with Gasteiger partial charge in [-0.25, -0.2) is 4.79 Å². The van der Waals surface area contributed by atoms with Crippen LogP contribution in [0.15, 0.2) is 66.0 Å². The second-order valence-electron chi connectivity index (χ2n) is 8.02. The van der Waals surface area contributed by atoms with E-state index in [2.05, 4.69) is 20.9 Å². The smallest absolute Gasteiger partial charge is 0.320 e.